The van der Waals surface area contributed by atoms with Crippen LogP contribution in [-0.2, 0) is 0 Å². The molecule has 0 aliphatic carbocycles. The highest BCUT2D eigenvalue weighted by atomic mass is 32.1. The minimum Gasteiger partial charge on any atom is -0.457 e. The number of aryl methyl sites for hydroxylation is 3. The number of ether oxygens (including phenoxy) is 1. The molecule has 5 nitrogen and oxygen atoms in total. The van der Waals surface area contributed by atoms with Crippen LogP contribution in [0.1, 0.15) is 51.4 Å². The third-order valence-corrected chi connectivity index (χ3v) is 8.45. The SMILES string of the molecule is Cc1ccccc1Oc1ccc(N2C(=S)N[C@H](c3ccccn3)[C@@H]2c2cc(C)n(-c3cccc(C)c3C)c2C)cc1. The summed E-state index contributed by atoms with van der Waals surface area (Å²) in [7, 11) is 0. The number of hydrogen-bond donors (Lipinski definition) is 1. The molecule has 1 fully saturated rings. The van der Waals surface area contributed by atoms with Gasteiger partial charge in [0.15, 0.2) is 5.11 Å². The second kappa shape index (κ2) is 10.9. The van der Waals surface area contributed by atoms with Crippen molar-refractivity contribution in [3.8, 4) is 17.2 Å². The van der Waals surface area contributed by atoms with E-state index in [4.69, 9.17) is 21.9 Å². The van der Waals surface area contributed by atoms with Gasteiger partial charge in [0.1, 0.15) is 11.5 Å². The van der Waals surface area contributed by atoms with Crippen molar-refractivity contribution in [1.82, 2.24) is 14.9 Å². The maximum absolute atomic E-state index is 6.18. The Balaban J connectivity index is 1.43. The van der Waals surface area contributed by atoms with Gasteiger partial charge in [0, 0.05) is 29.0 Å². The van der Waals surface area contributed by atoms with Gasteiger partial charge in [-0.15, -0.1) is 0 Å². The van der Waals surface area contributed by atoms with E-state index in [0.29, 0.717) is 5.11 Å². The number of thiocarbonyl (C=S) groups is 1. The fraction of sp³-hybridized carbons (Fsp3) is 0.200. The van der Waals surface area contributed by atoms with Gasteiger partial charge in [0.2, 0.25) is 0 Å². The van der Waals surface area contributed by atoms with E-state index in [0.717, 1.165) is 28.4 Å². The molecule has 1 saturated heterocycles. The number of para-hydroxylation sites is 1. The van der Waals surface area contributed by atoms with Crippen LogP contribution in [0.5, 0.6) is 11.5 Å². The van der Waals surface area contributed by atoms with Crippen molar-refractivity contribution >= 4 is 23.0 Å². The molecule has 0 amide bonds. The number of nitrogens with one attached hydrogen (secondary N) is 1. The van der Waals surface area contributed by atoms with Crippen molar-refractivity contribution in [3.63, 3.8) is 0 Å². The first-order valence-corrected chi connectivity index (χ1v) is 14.3. The molecule has 6 heteroatoms. The van der Waals surface area contributed by atoms with Crippen LogP contribution in [0.2, 0.25) is 0 Å². The lowest BCUT2D eigenvalue weighted by molar-refractivity contribution is 0.479. The topological polar surface area (TPSA) is 42.3 Å². The first kappa shape index (κ1) is 26.8. The molecule has 1 aliphatic rings. The van der Waals surface area contributed by atoms with E-state index in [1.54, 1.807) is 0 Å². The van der Waals surface area contributed by atoms with Crippen LogP contribution in [0.25, 0.3) is 5.69 Å². The Morgan fingerprint density at radius 1 is 0.805 bits per heavy atom. The molecule has 6 rings (SSSR count). The maximum atomic E-state index is 6.18. The molecule has 2 atom stereocenters. The standard InChI is InChI=1S/C35H34N4OS/c1-22-12-10-14-31(25(22)4)38-24(3)21-29(26(38)5)34-33(30-13-8-9-20-36-30)37-35(41)39(34)27-16-18-28(19-17-27)40-32-15-7-6-11-23(32)2/h6-21,33-34H,1-5H3,(H,37,41)/t33-,34+/m1/s1. The molecule has 1 aliphatic heterocycles. The molecular weight excluding hydrogens is 524 g/mol. The smallest absolute Gasteiger partial charge is 0.174 e. The van der Waals surface area contributed by atoms with Crippen LogP contribution < -0.4 is 15.0 Å². The van der Waals surface area contributed by atoms with Gasteiger partial charge in [0.05, 0.1) is 17.8 Å². The summed E-state index contributed by atoms with van der Waals surface area (Å²) < 4.78 is 8.55. The van der Waals surface area contributed by atoms with Crippen LogP contribution in [0.4, 0.5) is 5.69 Å². The zero-order chi connectivity index (χ0) is 28.7. The largest absolute Gasteiger partial charge is 0.457 e. The molecule has 0 saturated carbocycles. The fourth-order valence-corrected chi connectivity index (χ4v) is 6.20. The average molecular weight is 559 g/mol. The number of benzene rings is 3. The predicted octanol–water partition coefficient (Wildman–Crippen LogP) is 8.38. The Hall–Kier alpha value is -4.42. The normalized spacial score (nSPS) is 16.6. The Bertz CT molecular complexity index is 1730. The molecule has 3 heterocycles. The van der Waals surface area contributed by atoms with Gasteiger partial charge in [-0.05, 0) is 124 Å². The van der Waals surface area contributed by atoms with Gasteiger partial charge in [0.25, 0.3) is 0 Å². The van der Waals surface area contributed by atoms with E-state index >= 15 is 0 Å². The third-order valence-electron chi connectivity index (χ3n) is 8.14. The van der Waals surface area contributed by atoms with Gasteiger partial charge in [-0.3, -0.25) is 4.98 Å². The summed E-state index contributed by atoms with van der Waals surface area (Å²) in [6, 6.07) is 30.9. The summed E-state index contributed by atoms with van der Waals surface area (Å²) in [6.07, 6.45) is 1.84. The molecule has 0 unspecified atom stereocenters. The molecule has 206 valence electrons. The first-order valence-electron chi connectivity index (χ1n) is 13.9. The highest BCUT2D eigenvalue weighted by Crippen LogP contribution is 2.44. The molecule has 5 aromatic rings. The van der Waals surface area contributed by atoms with E-state index in [1.807, 2.05) is 48.7 Å². The number of aromatic nitrogens is 2. The Morgan fingerprint density at radius 3 is 2.27 bits per heavy atom. The van der Waals surface area contributed by atoms with Gasteiger partial charge >= 0.3 is 0 Å². The van der Waals surface area contributed by atoms with Crippen LogP contribution in [0.3, 0.4) is 0 Å². The summed E-state index contributed by atoms with van der Waals surface area (Å²) in [5.41, 5.74) is 10.4. The van der Waals surface area contributed by atoms with Gasteiger partial charge < -0.3 is 19.5 Å². The monoisotopic (exact) mass is 558 g/mol. The van der Waals surface area contributed by atoms with Crippen molar-refractivity contribution in [3.05, 3.63) is 137 Å². The minimum absolute atomic E-state index is 0.0920. The highest BCUT2D eigenvalue weighted by molar-refractivity contribution is 7.80. The Labute approximate surface area is 247 Å². The zero-order valence-electron chi connectivity index (χ0n) is 24.1. The molecule has 0 bridgehead atoms. The molecule has 3 aromatic carbocycles. The molecule has 0 spiro atoms. The molecule has 41 heavy (non-hydrogen) atoms. The Morgan fingerprint density at radius 2 is 1.54 bits per heavy atom. The fourth-order valence-electron chi connectivity index (χ4n) is 5.86. The summed E-state index contributed by atoms with van der Waals surface area (Å²) in [5, 5.41) is 4.28. The zero-order valence-corrected chi connectivity index (χ0v) is 24.9. The predicted molar refractivity (Wildman–Crippen MR) is 170 cm³/mol. The van der Waals surface area contributed by atoms with E-state index < -0.39 is 0 Å². The number of anilines is 1. The number of nitrogens with zero attached hydrogens (tertiary/aromatic N) is 3. The van der Waals surface area contributed by atoms with Crippen LogP contribution in [-0.4, -0.2) is 14.7 Å². The van der Waals surface area contributed by atoms with Crippen LogP contribution in [0.15, 0.2) is 97.2 Å². The number of pyridine rings is 1. The third kappa shape index (κ3) is 4.89. The minimum atomic E-state index is -0.112. The van der Waals surface area contributed by atoms with Crippen molar-refractivity contribution in [2.45, 2.75) is 46.7 Å². The van der Waals surface area contributed by atoms with E-state index in [1.165, 1.54) is 33.8 Å². The summed E-state index contributed by atoms with van der Waals surface area (Å²) in [6.45, 7) is 10.8. The lowest BCUT2D eigenvalue weighted by Gasteiger charge is -2.28. The molecule has 2 aromatic heterocycles. The number of hydrogen-bond acceptors (Lipinski definition) is 3. The van der Waals surface area contributed by atoms with Gasteiger partial charge in [-0.2, -0.15) is 0 Å². The number of rotatable bonds is 6. The van der Waals surface area contributed by atoms with Gasteiger partial charge in [-0.25, -0.2) is 0 Å². The van der Waals surface area contributed by atoms with Crippen molar-refractivity contribution in [1.29, 1.82) is 0 Å². The maximum Gasteiger partial charge on any atom is 0.174 e. The van der Waals surface area contributed by atoms with Crippen molar-refractivity contribution < 1.29 is 4.74 Å². The van der Waals surface area contributed by atoms with Crippen LogP contribution >= 0.6 is 12.2 Å². The molecular formula is C35H34N4OS. The molecule has 0 radical (unpaired) electrons. The van der Waals surface area contributed by atoms with Crippen LogP contribution in [0, 0.1) is 34.6 Å². The van der Waals surface area contributed by atoms with Gasteiger partial charge in [-0.1, -0.05) is 36.4 Å². The second-order valence-electron chi connectivity index (χ2n) is 10.7. The lowest BCUT2D eigenvalue weighted by Crippen LogP contribution is -2.29. The van der Waals surface area contributed by atoms with E-state index in [-0.39, 0.29) is 12.1 Å². The Kier molecular flexibility index (Phi) is 7.10. The van der Waals surface area contributed by atoms with Crippen molar-refractivity contribution in [2.24, 2.45) is 0 Å². The summed E-state index contributed by atoms with van der Waals surface area (Å²) in [5.74, 6) is 1.64. The highest BCUT2D eigenvalue weighted by Gasteiger charge is 2.42. The summed E-state index contributed by atoms with van der Waals surface area (Å²) >= 11 is 5.99. The van der Waals surface area contributed by atoms with Crippen molar-refractivity contribution in [2.75, 3.05) is 4.90 Å². The lowest BCUT2D eigenvalue weighted by atomic mass is 9.96. The second-order valence-corrected chi connectivity index (χ2v) is 11.1. The summed E-state index contributed by atoms with van der Waals surface area (Å²) in [4.78, 5) is 6.96. The van der Waals surface area contributed by atoms with E-state index in [2.05, 4.69) is 97.9 Å². The molecule has 1 N–H and O–H groups in total. The first-order chi connectivity index (χ1) is 19.8. The van der Waals surface area contributed by atoms with E-state index in [9.17, 15) is 0 Å². The quantitative estimate of drug-likeness (QED) is 0.212. The average Bonchev–Trinajstić information content (AvgIpc) is 3.47.